The Morgan fingerprint density at radius 3 is 2.89 bits per heavy atom. The summed E-state index contributed by atoms with van der Waals surface area (Å²) < 4.78 is 20.8. The molecule has 1 aliphatic heterocycles. The minimum atomic E-state index is -1.13. The van der Waals surface area contributed by atoms with E-state index in [4.69, 9.17) is 4.74 Å². The molecule has 192 valence electrons. The number of ether oxygens (including phenoxy) is 1. The molecule has 1 fully saturated rings. The predicted octanol–water partition coefficient (Wildman–Crippen LogP) is 6.02. The summed E-state index contributed by atoms with van der Waals surface area (Å²) in [7, 11) is 1.60. The van der Waals surface area contributed by atoms with Crippen LogP contribution >= 0.6 is 11.8 Å². The van der Waals surface area contributed by atoms with Crippen molar-refractivity contribution in [2.24, 2.45) is 11.8 Å². The highest BCUT2D eigenvalue weighted by molar-refractivity contribution is 7.99. The monoisotopic (exact) mass is 511 g/mol. The molecule has 1 saturated heterocycles. The maximum Gasteiger partial charge on any atom is 0.303 e. The molecule has 1 aliphatic rings. The molecule has 1 N–H and O–H groups in total. The fourth-order valence-corrected chi connectivity index (χ4v) is 5.95. The molecule has 3 atom stereocenters. The largest absolute Gasteiger partial charge is 0.497 e. The zero-order valence-electron chi connectivity index (χ0n) is 20.7. The lowest BCUT2D eigenvalue weighted by Gasteiger charge is -2.38. The lowest BCUT2D eigenvalue weighted by Crippen LogP contribution is -2.42. The molecule has 3 aromatic rings. The lowest BCUT2D eigenvalue weighted by atomic mass is 9.79. The number of benzene rings is 1. The normalized spacial score (nSPS) is 19.3. The number of alkyl halides is 1. The number of likely N-dealkylation sites (tertiary alicyclic amines) is 1. The van der Waals surface area contributed by atoms with Crippen molar-refractivity contribution in [1.29, 1.82) is 0 Å². The predicted molar refractivity (Wildman–Crippen MR) is 141 cm³/mol. The van der Waals surface area contributed by atoms with Crippen LogP contribution in [0.5, 0.6) is 5.75 Å². The quantitative estimate of drug-likeness (QED) is 0.235. The van der Waals surface area contributed by atoms with Crippen molar-refractivity contribution in [2.75, 3.05) is 32.5 Å². The van der Waals surface area contributed by atoms with Crippen molar-refractivity contribution in [3.05, 3.63) is 60.4 Å². The van der Waals surface area contributed by atoms with Crippen LogP contribution in [0, 0.1) is 11.8 Å². The number of hydrogen-bond acceptors (Lipinski definition) is 6. The number of fused-ring (bicyclic) bond motifs is 1. The zero-order valence-corrected chi connectivity index (χ0v) is 21.5. The first-order valence-corrected chi connectivity index (χ1v) is 13.6. The SMILES string of the molecule is COc1ccc2nccc([C@H](F)CC[C@@H]3CCN(CCCSc4ccccn4)C[C@@H]3CC(=O)O)c2c1. The number of pyridine rings is 2. The molecular weight excluding hydrogens is 477 g/mol. The Morgan fingerprint density at radius 2 is 2.11 bits per heavy atom. The van der Waals surface area contributed by atoms with Gasteiger partial charge in [0.25, 0.3) is 0 Å². The summed E-state index contributed by atoms with van der Waals surface area (Å²) >= 11 is 1.75. The van der Waals surface area contributed by atoms with E-state index >= 15 is 4.39 Å². The molecule has 0 spiro atoms. The third-order valence-electron chi connectivity index (χ3n) is 7.03. The first-order valence-electron chi connectivity index (χ1n) is 12.6. The summed E-state index contributed by atoms with van der Waals surface area (Å²) in [6, 6.07) is 13.2. The van der Waals surface area contributed by atoms with Crippen molar-refractivity contribution in [3.8, 4) is 5.75 Å². The van der Waals surface area contributed by atoms with Gasteiger partial charge in [0, 0.05) is 36.5 Å². The molecule has 3 heterocycles. The van der Waals surface area contributed by atoms with Crippen LogP contribution in [0.25, 0.3) is 10.9 Å². The van der Waals surface area contributed by atoms with Crippen LogP contribution < -0.4 is 4.74 Å². The van der Waals surface area contributed by atoms with E-state index in [2.05, 4.69) is 14.9 Å². The van der Waals surface area contributed by atoms with E-state index < -0.39 is 12.1 Å². The third kappa shape index (κ3) is 7.17. The van der Waals surface area contributed by atoms with E-state index in [0.717, 1.165) is 54.2 Å². The standard InChI is InChI=1S/C28H34FN3O3S/c1-35-22-7-9-26-24(18-22)23(10-13-30-26)25(29)8-6-20-11-15-32(19-21(20)17-28(33)34)14-4-16-36-27-5-2-3-12-31-27/h2-3,5,7,9-10,12-13,18,20-21,25H,4,6,8,11,14-17,19H2,1H3,(H,33,34)/t20-,21+,25-/m1/s1. The van der Waals surface area contributed by atoms with Crippen molar-refractivity contribution in [2.45, 2.75) is 43.3 Å². The van der Waals surface area contributed by atoms with Gasteiger partial charge < -0.3 is 14.7 Å². The molecule has 0 aliphatic carbocycles. The van der Waals surface area contributed by atoms with Crippen LogP contribution in [-0.4, -0.2) is 58.4 Å². The highest BCUT2D eigenvalue weighted by Crippen LogP contribution is 2.36. The van der Waals surface area contributed by atoms with E-state index in [1.54, 1.807) is 37.3 Å². The first-order chi connectivity index (χ1) is 17.5. The zero-order chi connectivity index (χ0) is 25.3. The molecule has 1 aromatic carbocycles. The van der Waals surface area contributed by atoms with E-state index in [1.165, 1.54) is 0 Å². The van der Waals surface area contributed by atoms with Gasteiger partial charge >= 0.3 is 5.97 Å². The van der Waals surface area contributed by atoms with Gasteiger partial charge in [0.05, 0.1) is 17.7 Å². The van der Waals surface area contributed by atoms with Gasteiger partial charge in [-0.3, -0.25) is 9.78 Å². The van der Waals surface area contributed by atoms with Crippen LogP contribution in [0.4, 0.5) is 4.39 Å². The number of aliphatic carboxylic acids is 1. The van der Waals surface area contributed by atoms with Gasteiger partial charge in [-0.05, 0) is 92.6 Å². The maximum atomic E-state index is 15.5. The second-order valence-corrected chi connectivity index (χ2v) is 10.5. The summed E-state index contributed by atoms with van der Waals surface area (Å²) in [5.41, 5.74) is 1.37. The van der Waals surface area contributed by atoms with E-state index in [1.807, 2.05) is 36.4 Å². The van der Waals surface area contributed by atoms with Crippen molar-refractivity contribution in [3.63, 3.8) is 0 Å². The van der Waals surface area contributed by atoms with Crippen LogP contribution in [0.2, 0.25) is 0 Å². The minimum absolute atomic E-state index is 0.0428. The number of rotatable bonds is 12. The molecule has 0 amide bonds. The Balaban J connectivity index is 1.31. The van der Waals surface area contributed by atoms with Crippen LogP contribution in [0.3, 0.4) is 0 Å². The minimum Gasteiger partial charge on any atom is -0.497 e. The number of piperidine rings is 1. The molecule has 0 bridgehead atoms. The van der Waals surface area contributed by atoms with Crippen LogP contribution in [0.15, 0.2) is 59.9 Å². The van der Waals surface area contributed by atoms with Gasteiger partial charge in [-0.2, -0.15) is 0 Å². The number of nitrogens with zero attached hydrogens (tertiary/aromatic N) is 3. The third-order valence-corrected chi connectivity index (χ3v) is 8.06. The highest BCUT2D eigenvalue weighted by Gasteiger charge is 2.31. The highest BCUT2D eigenvalue weighted by atomic mass is 32.2. The van der Waals surface area contributed by atoms with Crippen molar-refractivity contribution < 1.29 is 19.0 Å². The molecule has 0 radical (unpaired) electrons. The number of carboxylic acids is 1. The Kier molecular flexibility index (Phi) is 9.53. The van der Waals surface area contributed by atoms with Gasteiger partial charge in [-0.25, -0.2) is 9.37 Å². The summed E-state index contributed by atoms with van der Waals surface area (Å²) in [5, 5.41) is 11.3. The number of carbonyl (C=O) groups is 1. The number of hydrogen-bond donors (Lipinski definition) is 1. The number of halogens is 1. The van der Waals surface area contributed by atoms with Crippen LogP contribution in [0.1, 0.15) is 43.8 Å². The second kappa shape index (κ2) is 13.0. The Hall–Kier alpha value is -2.71. The molecule has 8 heteroatoms. The first kappa shape index (κ1) is 26.4. The maximum absolute atomic E-state index is 15.5. The van der Waals surface area contributed by atoms with Crippen LogP contribution in [-0.2, 0) is 4.79 Å². The summed E-state index contributed by atoms with van der Waals surface area (Å²) in [6.45, 7) is 2.64. The van der Waals surface area contributed by atoms with Gasteiger partial charge in [0.1, 0.15) is 11.9 Å². The molecule has 6 nitrogen and oxygen atoms in total. The van der Waals surface area contributed by atoms with E-state index in [0.29, 0.717) is 24.2 Å². The average Bonchev–Trinajstić information content (AvgIpc) is 2.90. The smallest absolute Gasteiger partial charge is 0.303 e. The summed E-state index contributed by atoms with van der Waals surface area (Å²) in [6.07, 6.45) is 5.44. The van der Waals surface area contributed by atoms with Gasteiger partial charge in [-0.15, -0.1) is 11.8 Å². The number of thioether (sulfide) groups is 1. The number of aromatic nitrogens is 2. The Labute approximate surface area is 216 Å². The molecule has 36 heavy (non-hydrogen) atoms. The van der Waals surface area contributed by atoms with Gasteiger partial charge in [0.15, 0.2) is 0 Å². The summed E-state index contributed by atoms with van der Waals surface area (Å²) in [4.78, 5) is 22.7. The Morgan fingerprint density at radius 1 is 1.22 bits per heavy atom. The fraction of sp³-hybridized carbons (Fsp3) is 0.464. The van der Waals surface area contributed by atoms with E-state index in [-0.39, 0.29) is 18.3 Å². The van der Waals surface area contributed by atoms with Crippen molar-refractivity contribution >= 4 is 28.6 Å². The average molecular weight is 512 g/mol. The molecule has 0 saturated carbocycles. The van der Waals surface area contributed by atoms with E-state index in [9.17, 15) is 9.90 Å². The molecule has 4 rings (SSSR count). The molecular formula is C28H34FN3O3S. The summed E-state index contributed by atoms with van der Waals surface area (Å²) in [5.74, 6) is 1.13. The number of methoxy groups -OCH3 is 1. The topological polar surface area (TPSA) is 75.5 Å². The second-order valence-electron chi connectivity index (χ2n) is 9.41. The lowest BCUT2D eigenvalue weighted by molar-refractivity contribution is -0.139. The Bertz CT molecular complexity index is 1130. The van der Waals surface area contributed by atoms with Gasteiger partial charge in [-0.1, -0.05) is 6.07 Å². The molecule has 0 unspecified atom stereocenters. The number of carboxylic acid groups (broad SMARTS) is 1. The molecule has 2 aromatic heterocycles. The van der Waals surface area contributed by atoms with Gasteiger partial charge in [0.2, 0.25) is 0 Å². The van der Waals surface area contributed by atoms with Crippen molar-refractivity contribution in [1.82, 2.24) is 14.9 Å². The fourth-order valence-electron chi connectivity index (χ4n) is 5.15.